The number of likely N-dealkylation sites (N-methyl/N-ethyl adjacent to an activating group) is 1. The number of aromatic nitrogens is 2. The van der Waals surface area contributed by atoms with Crippen molar-refractivity contribution in [3.8, 4) is 0 Å². The van der Waals surface area contributed by atoms with E-state index in [2.05, 4.69) is 35.0 Å². The van der Waals surface area contributed by atoms with E-state index >= 15 is 0 Å². The second-order valence-corrected chi connectivity index (χ2v) is 6.17. The minimum absolute atomic E-state index is 0.0174. The molecule has 1 aliphatic rings. The number of hydrogen-bond donors (Lipinski definition) is 0. The third-order valence-corrected chi connectivity index (χ3v) is 4.49. The minimum Gasteiger partial charge on any atom is -0.332 e. The van der Waals surface area contributed by atoms with Gasteiger partial charge < -0.3 is 9.80 Å². The van der Waals surface area contributed by atoms with Gasteiger partial charge in [-0.3, -0.25) is 14.8 Å². The number of nitrogens with zero attached hydrogens (tertiary/aromatic N) is 4. The molecule has 0 aliphatic carbocycles. The Balaban J connectivity index is 1.85. The van der Waals surface area contributed by atoms with E-state index < -0.39 is 0 Å². The van der Waals surface area contributed by atoms with E-state index in [0.717, 1.165) is 24.9 Å². The van der Waals surface area contributed by atoms with E-state index in [-0.39, 0.29) is 11.9 Å². The molecule has 0 saturated carbocycles. The first-order valence-electron chi connectivity index (χ1n) is 7.94. The van der Waals surface area contributed by atoms with Crippen LogP contribution in [0.15, 0.2) is 48.9 Å². The first-order valence-corrected chi connectivity index (χ1v) is 7.94. The Labute approximate surface area is 137 Å². The van der Waals surface area contributed by atoms with E-state index in [0.29, 0.717) is 11.7 Å². The first kappa shape index (κ1) is 15.6. The molecule has 1 aliphatic heterocycles. The van der Waals surface area contributed by atoms with Gasteiger partial charge >= 0.3 is 0 Å². The van der Waals surface area contributed by atoms with Gasteiger partial charge in [0.15, 0.2) is 0 Å². The standard InChI is InChI=1S/C18H22N4O/c1-21(2)16-8-11-22(18(23)15-7-3-4-10-20-15)17(16)12-14-6-5-9-19-13-14/h3-7,9-10,13,16-17H,8,11-12H2,1-2H3/t16-,17+/m1/s1. The molecule has 1 fully saturated rings. The Morgan fingerprint density at radius 1 is 1.26 bits per heavy atom. The van der Waals surface area contributed by atoms with Crippen LogP contribution >= 0.6 is 0 Å². The maximum atomic E-state index is 12.8. The number of carbonyl (C=O) groups excluding carboxylic acids is 1. The van der Waals surface area contributed by atoms with Gasteiger partial charge in [-0.1, -0.05) is 12.1 Å². The van der Waals surface area contributed by atoms with Gasteiger partial charge in [0, 0.05) is 31.2 Å². The highest BCUT2D eigenvalue weighted by Gasteiger charge is 2.38. The van der Waals surface area contributed by atoms with Gasteiger partial charge in [0.25, 0.3) is 5.91 Å². The van der Waals surface area contributed by atoms with Crippen molar-refractivity contribution >= 4 is 5.91 Å². The first-order chi connectivity index (χ1) is 11.2. The van der Waals surface area contributed by atoms with Crippen molar-refractivity contribution in [2.75, 3.05) is 20.6 Å². The Hall–Kier alpha value is -2.27. The summed E-state index contributed by atoms with van der Waals surface area (Å²) in [5.74, 6) is 0.0174. The number of hydrogen-bond acceptors (Lipinski definition) is 4. The second-order valence-electron chi connectivity index (χ2n) is 6.17. The predicted octanol–water partition coefficient (Wildman–Crippen LogP) is 1.86. The van der Waals surface area contributed by atoms with Crippen LogP contribution in [0.1, 0.15) is 22.5 Å². The van der Waals surface area contributed by atoms with Crippen molar-refractivity contribution in [3.63, 3.8) is 0 Å². The summed E-state index contributed by atoms with van der Waals surface area (Å²) in [6, 6.07) is 9.98. The topological polar surface area (TPSA) is 49.3 Å². The zero-order valence-corrected chi connectivity index (χ0v) is 13.6. The minimum atomic E-state index is 0.0174. The molecular formula is C18H22N4O. The predicted molar refractivity (Wildman–Crippen MR) is 89.1 cm³/mol. The second kappa shape index (κ2) is 6.87. The van der Waals surface area contributed by atoms with Crippen LogP contribution in [-0.4, -0.2) is 58.4 Å². The molecule has 5 nitrogen and oxygen atoms in total. The number of likely N-dealkylation sites (tertiary alicyclic amines) is 1. The summed E-state index contributed by atoms with van der Waals surface area (Å²) in [7, 11) is 4.16. The monoisotopic (exact) mass is 310 g/mol. The maximum Gasteiger partial charge on any atom is 0.272 e. The summed E-state index contributed by atoms with van der Waals surface area (Å²) < 4.78 is 0. The molecule has 3 heterocycles. The molecule has 2 aromatic rings. The normalized spacial score (nSPS) is 20.9. The van der Waals surface area contributed by atoms with Gasteiger partial charge in [0.05, 0.1) is 6.04 Å². The van der Waals surface area contributed by atoms with E-state index in [1.165, 1.54) is 0 Å². The van der Waals surface area contributed by atoms with Gasteiger partial charge in [0.2, 0.25) is 0 Å². The average Bonchev–Trinajstić information content (AvgIpc) is 2.99. The molecule has 0 unspecified atom stereocenters. The summed E-state index contributed by atoms with van der Waals surface area (Å²) >= 11 is 0. The van der Waals surface area contributed by atoms with Crippen molar-refractivity contribution in [3.05, 3.63) is 60.2 Å². The van der Waals surface area contributed by atoms with Crippen molar-refractivity contribution in [1.29, 1.82) is 0 Å². The molecule has 0 aromatic carbocycles. The Morgan fingerprint density at radius 2 is 2.13 bits per heavy atom. The molecule has 0 spiro atoms. The van der Waals surface area contributed by atoms with Crippen LogP contribution in [0.5, 0.6) is 0 Å². The van der Waals surface area contributed by atoms with Crippen LogP contribution in [0, 0.1) is 0 Å². The smallest absolute Gasteiger partial charge is 0.272 e. The van der Waals surface area contributed by atoms with Crippen LogP contribution in [0.3, 0.4) is 0 Å². The lowest BCUT2D eigenvalue weighted by atomic mass is 10.0. The molecule has 1 saturated heterocycles. The van der Waals surface area contributed by atoms with Crippen molar-refractivity contribution in [2.24, 2.45) is 0 Å². The highest BCUT2D eigenvalue weighted by atomic mass is 16.2. The zero-order chi connectivity index (χ0) is 16.2. The van der Waals surface area contributed by atoms with Gasteiger partial charge in [0.1, 0.15) is 5.69 Å². The van der Waals surface area contributed by atoms with Crippen molar-refractivity contribution < 1.29 is 4.79 Å². The van der Waals surface area contributed by atoms with E-state index in [1.54, 1.807) is 18.5 Å². The third kappa shape index (κ3) is 3.40. The average molecular weight is 310 g/mol. The van der Waals surface area contributed by atoms with Gasteiger partial charge in [-0.05, 0) is 50.7 Å². The fourth-order valence-corrected chi connectivity index (χ4v) is 3.33. The number of amides is 1. The largest absolute Gasteiger partial charge is 0.332 e. The summed E-state index contributed by atoms with van der Waals surface area (Å²) in [5, 5.41) is 0. The molecule has 0 bridgehead atoms. The summed E-state index contributed by atoms with van der Waals surface area (Å²) in [6.45, 7) is 0.767. The third-order valence-electron chi connectivity index (χ3n) is 4.49. The number of carbonyl (C=O) groups is 1. The molecule has 0 radical (unpaired) electrons. The zero-order valence-electron chi connectivity index (χ0n) is 13.6. The number of pyridine rings is 2. The fourth-order valence-electron chi connectivity index (χ4n) is 3.33. The van der Waals surface area contributed by atoms with Crippen LogP contribution in [0.25, 0.3) is 0 Å². The van der Waals surface area contributed by atoms with Crippen LogP contribution in [0.4, 0.5) is 0 Å². The van der Waals surface area contributed by atoms with Gasteiger partial charge in [-0.15, -0.1) is 0 Å². The summed E-state index contributed by atoms with van der Waals surface area (Å²) in [5.41, 5.74) is 1.67. The number of rotatable bonds is 4. The Morgan fingerprint density at radius 3 is 2.78 bits per heavy atom. The SMILES string of the molecule is CN(C)[C@@H]1CCN(C(=O)c2ccccn2)[C@H]1Cc1cccnc1. The molecule has 23 heavy (non-hydrogen) atoms. The summed E-state index contributed by atoms with van der Waals surface area (Å²) in [4.78, 5) is 25.4. The van der Waals surface area contributed by atoms with E-state index in [1.807, 2.05) is 29.3 Å². The van der Waals surface area contributed by atoms with Crippen molar-refractivity contribution in [2.45, 2.75) is 24.9 Å². The van der Waals surface area contributed by atoms with Gasteiger partial charge in [-0.2, -0.15) is 0 Å². The van der Waals surface area contributed by atoms with E-state index in [9.17, 15) is 4.79 Å². The van der Waals surface area contributed by atoms with E-state index in [4.69, 9.17) is 0 Å². The lowest BCUT2D eigenvalue weighted by Gasteiger charge is -2.31. The molecule has 3 rings (SSSR count). The Kier molecular flexibility index (Phi) is 4.67. The lowest BCUT2D eigenvalue weighted by molar-refractivity contribution is 0.0698. The molecular weight excluding hydrogens is 288 g/mol. The lowest BCUT2D eigenvalue weighted by Crippen LogP contribution is -2.46. The molecule has 120 valence electrons. The quantitative estimate of drug-likeness (QED) is 0.865. The molecule has 5 heteroatoms. The molecule has 0 N–H and O–H groups in total. The van der Waals surface area contributed by atoms with Crippen LogP contribution in [-0.2, 0) is 6.42 Å². The van der Waals surface area contributed by atoms with Crippen LogP contribution < -0.4 is 0 Å². The Bertz CT molecular complexity index is 645. The maximum absolute atomic E-state index is 12.8. The molecule has 2 aromatic heterocycles. The summed E-state index contributed by atoms with van der Waals surface area (Å²) in [6.07, 6.45) is 7.13. The van der Waals surface area contributed by atoms with Crippen LogP contribution in [0.2, 0.25) is 0 Å². The van der Waals surface area contributed by atoms with Crippen molar-refractivity contribution in [1.82, 2.24) is 19.8 Å². The fraction of sp³-hybridized carbons (Fsp3) is 0.389. The highest BCUT2D eigenvalue weighted by Crippen LogP contribution is 2.26. The molecule has 1 amide bonds. The highest BCUT2D eigenvalue weighted by molar-refractivity contribution is 5.92. The molecule has 2 atom stereocenters. The van der Waals surface area contributed by atoms with Gasteiger partial charge in [-0.25, -0.2) is 0 Å².